The predicted octanol–water partition coefficient (Wildman–Crippen LogP) is 7.78. The van der Waals surface area contributed by atoms with Gasteiger partial charge in [0.1, 0.15) is 18.2 Å². The molecule has 0 saturated carbocycles. The van der Waals surface area contributed by atoms with E-state index in [9.17, 15) is 9.18 Å². The average molecular weight is 717 g/mol. The molecule has 0 spiro atoms. The molecule has 11 nitrogen and oxygen atoms in total. The number of aromatic nitrogens is 5. The lowest BCUT2D eigenvalue weighted by Gasteiger charge is -2.31. The molecule has 0 unspecified atom stereocenters. The van der Waals surface area contributed by atoms with Crippen LogP contribution in [0, 0.1) is 37.9 Å². The number of anilines is 1. The van der Waals surface area contributed by atoms with E-state index in [0.717, 1.165) is 89.5 Å². The quantitative estimate of drug-likeness (QED) is 0.136. The van der Waals surface area contributed by atoms with Gasteiger partial charge in [0.25, 0.3) is 0 Å². The van der Waals surface area contributed by atoms with Crippen LogP contribution in [-0.2, 0) is 22.7 Å². The molecule has 2 aliphatic heterocycles. The molecule has 0 aliphatic carbocycles. The third kappa shape index (κ3) is 9.62. The zero-order valence-corrected chi connectivity index (χ0v) is 30.6. The highest BCUT2D eigenvalue weighted by molar-refractivity contribution is 5.89. The van der Waals surface area contributed by atoms with E-state index >= 15 is 0 Å². The van der Waals surface area contributed by atoms with Gasteiger partial charge in [-0.1, -0.05) is 18.2 Å². The molecule has 8 rings (SSSR count). The van der Waals surface area contributed by atoms with E-state index in [1.54, 1.807) is 18.2 Å². The van der Waals surface area contributed by atoms with E-state index in [0.29, 0.717) is 35.4 Å². The average Bonchev–Trinajstić information content (AvgIpc) is 3.73. The summed E-state index contributed by atoms with van der Waals surface area (Å²) in [6.07, 6.45) is 4.53. The van der Waals surface area contributed by atoms with E-state index in [-0.39, 0.29) is 6.61 Å². The molecular weight excluding hydrogens is 672 g/mol. The van der Waals surface area contributed by atoms with Gasteiger partial charge in [-0.15, -0.1) is 0 Å². The SMILES string of the molecule is C[C@@H]1CCO1.Cc1[nH]nc2c(C)cc(NC=O)cc12.Cc1ccc2nc(CN3CCC(c4cccc(OCc5ccc(C#N)cc5F)n4)CC3)[nH]c2c1. The maximum absolute atomic E-state index is 14.1. The smallest absolute Gasteiger partial charge is 0.213 e. The van der Waals surface area contributed by atoms with Crippen LogP contribution in [0.4, 0.5) is 10.1 Å². The molecule has 3 aromatic heterocycles. The van der Waals surface area contributed by atoms with E-state index in [2.05, 4.69) is 62.4 Å². The number of H-pyrrole nitrogens is 2. The first-order valence-corrected chi connectivity index (χ1v) is 17.9. The number of amides is 1. The van der Waals surface area contributed by atoms with Crippen molar-refractivity contribution in [3.63, 3.8) is 0 Å². The molecule has 3 aromatic carbocycles. The number of rotatable bonds is 8. The Labute approximate surface area is 308 Å². The molecule has 2 saturated heterocycles. The Morgan fingerprint density at radius 1 is 1.06 bits per heavy atom. The Hall–Kier alpha value is -5.64. The van der Waals surface area contributed by atoms with Crippen LogP contribution in [0.3, 0.4) is 0 Å². The number of aromatic amines is 2. The summed E-state index contributed by atoms with van der Waals surface area (Å²) < 4.78 is 24.8. The molecular formula is C41H45FN8O3. The number of benzene rings is 3. The lowest BCUT2D eigenvalue weighted by Crippen LogP contribution is -2.33. The standard InChI is InChI=1S/C27H26FN5O.C10H11N3O.C4H8O/c1-18-5-8-24-25(13-18)31-26(30-24)16-33-11-9-20(10-12-33)23-3-2-4-27(32-23)34-17-21-7-6-19(15-29)14-22(21)28;1-6-3-8(11-5-14)4-9-7(2)12-13-10(6)9;1-4-2-3-5-4/h2-8,13-14,20H,9-12,16-17H2,1H3,(H,30,31);3-5H,1-2H3,(H,11,14)(H,12,13);4H,2-3H2,1H3/t;;4-/m..1/s1. The van der Waals surface area contributed by atoms with Gasteiger partial charge >= 0.3 is 0 Å². The molecule has 1 atom stereocenters. The van der Waals surface area contributed by atoms with Crippen LogP contribution in [0.2, 0.25) is 0 Å². The summed E-state index contributed by atoms with van der Waals surface area (Å²) in [5.41, 5.74) is 8.86. The van der Waals surface area contributed by atoms with Crippen molar-refractivity contribution < 1.29 is 18.7 Å². The Kier molecular flexibility index (Phi) is 12.1. The summed E-state index contributed by atoms with van der Waals surface area (Å²) in [6, 6.07) is 22.2. The van der Waals surface area contributed by atoms with E-state index in [1.807, 2.05) is 44.2 Å². The second-order valence-corrected chi connectivity index (χ2v) is 13.6. The number of nitriles is 1. The van der Waals surface area contributed by atoms with Gasteiger partial charge in [-0.3, -0.25) is 14.8 Å². The number of pyridine rings is 1. The largest absolute Gasteiger partial charge is 0.473 e. The van der Waals surface area contributed by atoms with Gasteiger partial charge in [0.2, 0.25) is 12.3 Å². The van der Waals surface area contributed by atoms with Crippen molar-refractivity contribution in [2.45, 2.75) is 72.1 Å². The Bertz CT molecular complexity index is 2210. The van der Waals surface area contributed by atoms with E-state index < -0.39 is 5.82 Å². The number of halogens is 1. The first-order chi connectivity index (χ1) is 25.7. The lowest BCUT2D eigenvalue weighted by molar-refractivity contribution is -0.105. The van der Waals surface area contributed by atoms with Gasteiger partial charge < -0.3 is 19.8 Å². The van der Waals surface area contributed by atoms with Crippen LogP contribution in [-0.4, -0.2) is 62.3 Å². The third-order valence-corrected chi connectivity index (χ3v) is 9.56. The van der Waals surface area contributed by atoms with Crippen LogP contribution in [0.25, 0.3) is 21.9 Å². The summed E-state index contributed by atoms with van der Waals surface area (Å²) in [5, 5.41) is 19.7. The van der Waals surface area contributed by atoms with Crippen LogP contribution >= 0.6 is 0 Å². The highest BCUT2D eigenvalue weighted by Gasteiger charge is 2.23. The van der Waals surface area contributed by atoms with E-state index in [4.69, 9.17) is 19.7 Å². The van der Waals surface area contributed by atoms with Gasteiger partial charge in [-0.25, -0.2) is 14.4 Å². The number of piperidine rings is 1. The van der Waals surface area contributed by atoms with Crippen molar-refractivity contribution in [2.75, 3.05) is 25.0 Å². The molecule has 5 heterocycles. The normalized spacial score (nSPS) is 15.7. The summed E-state index contributed by atoms with van der Waals surface area (Å²) in [4.78, 5) is 25.6. The fourth-order valence-electron chi connectivity index (χ4n) is 6.39. The minimum absolute atomic E-state index is 0.0729. The Morgan fingerprint density at radius 2 is 1.85 bits per heavy atom. The fourth-order valence-corrected chi connectivity index (χ4v) is 6.39. The molecule has 274 valence electrons. The van der Waals surface area contributed by atoms with Crippen LogP contribution in [0.1, 0.15) is 71.6 Å². The van der Waals surface area contributed by atoms with Gasteiger partial charge in [-0.05, 0) is 114 Å². The molecule has 12 heteroatoms. The lowest BCUT2D eigenvalue weighted by atomic mass is 9.93. The molecule has 3 N–H and O–H groups in total. The van der Waals surface area contributed by atoms with Crippen molar-refractivity contribution >= 4 is 34.0 Å². The summed E-state index contributed by atoms with van der Waals surface area (Å²) in [7, 11) is 0. The number of ether oxygens (including phenoxy) is 2. The minimum Gasteiger partial charge on any atom is -0.473 e. The second-order valence-electron chi connectivity index (χ2n) is 13.6. The highest BCUT2D eigenvalue weighted by Crippen LogP contribution is 2.29. The number of imidazole rings is 1. The Morgan fingerprint density at radius 3 is 2.55 bits per heavy atom. The number of carbonyl (C=O) groups excluding carboxylic acids is 1. The minimum atomic E-state index is -0.442. The maximum atomic E-state index is 14.1. The molecule has 2 aliphatic rings. The predicted molar refractivity (Wildman–Crippen MR) is 203 cm³/mol. The van der Waals surface area contributed by atoms with Gasteiger partial charge in [0.05, 0.1) is 40.8 Å². The van der Waals surface area contributed by atoms with Crippen molar-refractivity contribution in [1.82, 2.24) is 30.0 Å². The summed E-state index contributed by atoms with van der Waals surface area (Å²) in [6.45, 7) is 11.9. The number of hydrogen-bond acceptors (Lipinski definition) is 8. The van der Waals surface area contributed by atoms with Crippen LogP contribution in [0.5, 0.6) is 5.88 Å². The molecule has 0 bridgehead atoms. The van der Waals surface area contributed by atoms with Gasteiger partial charge in [0, 0.05) is 46.6 Å². The number of aryl methyl sites for hydroxylation is 3. The Balaban J connectivity index is 0.000000206. The number of carbonyl (C=O) groups is 1. The zero-order chi connectivity index (χ0) is 37.3. The summed E-state index contributed by atoms with van der Waals surface area (Å²) >= 11 is 0. The fraction of sp³-hybridized carbons (Fsp3) is 0.341. The van der Waals surface area contributed by atoms with Gasteiger partial charge in [0.15, 0.2) is 0 Å². The number of nitrogens with zero attached hydrogens (tertiary/aromatic N) is 5. The first kappa shape index (κ1) is 37.1. The molecule has 2 fully saturated rings. The van der Waals surface area contributed by atoms with Crippen molar-refractivity contribution in [3.05, 3.63) is 112 Å². The van der Waals surface area contributed by atoms with Crippen LogP contribution < -0.4 is 10.1 Å². The molecule has 53 heavy (non-hydrogen) atoms. The number of hydrogen-bond donors (Lipinski definition) is 3. The van der Waals surface area contributed by atoms with Crippen molar-refractivity contribution in [1.29, 1.82) is 5.26 Å². The highest BCUT2D eigenvalue weighted by atomic mass is 19.1. The first-order valence-electron chi connectivity index (χ1n) is 17.9. The topological polar surface area (TPSA) is 145 Å². The van der Waals surface area contributed by atoms with Crippen molar-refractivity contribution in [3.8, 4) is 11.9 Å². The third-order valence-electron chi connectivity index (χ3n) is 9.56. The number of nitrogens with one attached hydrogen (secondary N) is 3. The number of likely N-dealkylation sites (tertiary alicyclic amines) is 1. The van der Waals surface area contributed by atoms with Crippen LogP contribution in [0.15, 0.2) is 66.7 Å². The van der Waals surface area contributed by atoms with Crippen molar-refractivity contribution in [2.24, 2.45) is 0 Å². The maximum Gasteiger partial charge on any atom is 0.213 e. The van der Waals surface area contributed by atoms with E-state index in [1.165, 1.54) is 18.1 Å². The monoisotopic (exact) mass is 716 g/mol. The summed E-state index contributed by atoms with van der Waals surface area (Å²) in [5.74, 6) is 1.41. The second kappa shape index (κ2) is 17.3. The molecule has 6 aromatic rings. The molecule has 1 amide bonds. The zero-order valence-electron chi connectivity index (χ0n) is 30.6. The molecule has 0 radical (unpaired) electrons. The van der Waals surface area contributed by atoms with Gasteiger partial charge in [-0.2, -0.15) is 10.4 Å². The number of fused-ring (bicyclic) bond motifs is 2.